The monoisotopic (exact) mass is 701 g/mol. The van der Waals surface area contributed by atoms with Crippen molar-refractivity contribution in [3.63, 3.8) is 0 Å². The summed E-state index contributed by atoms with van der Waals surface area (Å²) in [5.74, 6) is 1.68. The number of carbonyl (C=O) groups is 1. The molecule has 0 spiro atoms. The van der Waals surface area contributed by atoms with Crippen molar-refractivity contribution in [2.24, 2.45) is 18.9 Å². The van der Waals surface area contributed by atoms with Crippen LogP contribution in [0.3, 0.4) is 0 Å². The van der Waals surface area contributed by atoms with Crippen LogP contribution >= 0.6 is 0 Å². The van der Waals surface area contributed by atoms with Crippen LogP contribution in [0.15, 0.2) is 91.0 Å². The largest absolute Gasteiger partial charge is 0.473 e. The van der Waals surface area contributed by atoms with Crippen molar-refractivity contribution in [2.45, 2.75) is 65.3 Å². The first-order chi connectivity index (χ1) is 25.2. The summed E-state index contributed by atoms with van der Waals surface area (Å²) in [4.78, 5) is 22.5. The number of esters is 1. The van der Waals surface area contributed by atoms with E-state index in [-0.39, 0.29) is 11.9 Å². The molecule has 9 nitrogen and oxygen atoms in total. The molecular weight excluding hydrogens is 651 g/mol. The van der Waals surface area contributed by atoms with Gasteiger partial charge in [0.15, 0.2) is 0 Å². The van der Waals surface area contributed by atoms with E-state index in [0.717, 1.165) is 91.7 Å². The summed E-state index contributed by atoms with van der Waals surface area (Å²) in [6, 6.07) is 30.8. The van der Waals surface area contributed by atoms with Gasteiger partial charge in [-0.3, -0.25) is 14.4 Å². The van der Waals surface area contributed by atoms with Crippen molar-refractivity contribution >= 4 is 22.6 Å². The van der Waals surface area contributed by atoms with Crippen LogP contribution in [-0.2, 0) is 29.8 Å². The molecule has 1 aliphatic carbocycles. The Bertz CT molecular complexity index is 1940. The van der Waals surface area contributed by atoms with Gasteiger partial charge in [0.05, 0.1) is 17.0 Å². The first kappa shape index (κ1) is 35.5. The van der Waals surface area contributed by atoms with Crippen LogP contribution in [0.1, 0.15) is 57.6 Å². The fraction of sp³-hybridized carbons (Fsp3) is 0.419. The van der Waals surface area contributed by atoms with E-state index < -0.39 is 5.60 Å². The summed E-state index contributed by atoms with van der Waals surface area (Å²) in [6.45, 7) is 11.8. The number of rotatable bonds is 11. The van der Waals surface area contributed by atoms with E-state index >= 15 is 0 Å². The molecule has 0 radical (unpaired) electrons. The Labute approximate surface area is 307 Å². The highest BCUT2D eigenvalue weighted by Gasteiger charge is 2.31. The number of nitrogens with zero attached hydrogens (tertiary/aromatic N) is 5. The van der Waals surface area contributed by atoms with Gasteiger partial charge in [-0.05, 0) is 87.8 Å². The van der Waals surface area contributed by atoms with E-state index in [0.29, 0.717) is 30.9 Å². The highest BCUT2D eigenvalue weighted by atomic mass is 16.6. The van der Waals surface area contributed by atoms with Crippen molar-refractivity contribution in [3.8, 4) is 23.0 Å². The summed E-state index contributed by atoms with van der Waals surface area (Å²) >= 11 is 0. The molecule has 5 aromatic rings. The number of aryl methyl sites for hydroxylation is 1. The molecule has 52 heavy (non-hydrogen) atoms. The smallest absolute Gasteiger partial charge is 0.309 e. The SMILES string of the molecule is Cn1nc(-c2ccc(OCc3ccccc3)nc2OCc2ccccc2)c2ccc(N3CCN(CC4CCC(C(=O)OC(C)(C)C)CC4)CC3)cc21. The Morgan fingerprint density at radius 3 is 2.10 bits per heavy atom. The zero-order valence-corrected chi connectivity index (χ0v) is 31.0. The van der Waals surface area contributed by atoms with E-state index in [4.69, 9.17) is 24.3 Å². The van der Waals surface area contributed by atoms with Gasteiger partial charge in [-0.1, -0.05) is 60.7 Å². The summed E-state index contributed by atoms with van der Waals surface area (Å²) in [5, 5.41) is 6.05. The normalized spacial score (nSPS) is 18.3. The van der Waals surface area contributed by atoms with Crippen molar-refractivity contribution < 1.29 is 19.0 Å². The van der Waals surface area contributed by atoms with Crippen LogP contribution in [-0.4, -0.2) is 64.0 Å². The minimum Gasteiger partial charge on any atom is -0.473 e. The topological polar surface area (TPSA) is 82.0 Å². The minimum absolute atomic E-state index is 0.0207. The number of piperazine rings is 1. The molecule has 0 amide bonds. The third-order valence-electron chi connectivity index (χ3n) is 10.2. The van der Waals surface area contributed by atoms with Crippen molar-refractivity contribution in [2.75, 3.05) is 37.6 Å². The van der Waals surface area contributed by atoms with Gasteiger partial charge >= 0.3 is 5.97 Å². The lowest BCUT2D eigenvalue weighted by atomic mass is 9.81. The third kappa shape index (κ3) is 8.76. The highest BCUT2D eigenvalue weighted by molar-refractivity contribution is 5.96. The van der Waals surface area contributed by atoms with Gasteiger partial charge in [-0.25, -0.2) is 0 Å². The molecular formula is C43H51N5O4. The molecule has 1 aliphatic heterocycles. The molecule has 272 valence electrons. The predicted molar refractivity (Wildman–Crippen MR) is 205 cm³/mol. The van der Waals surface area contributed by atoms with Crippen LogP contribution in [0.2, 0.25) is 0 Å². The quantitative estimate of drug-likeness (QED) is 0.128. The van der Waals surface area contributed by atoms with Crippen LogP contribution < -0.4 is 14.4 Å². The lowest BCUT2D eigenvalue weighted by Crippen LogP contribution is -2.48. The zero-order valence-electron chi connectivity index (χ0n) is 31.0. The third-order valence-corrected chi connectivity index (χ3v) is 10.2. The fourth-order valence-electron chi connectivity index (χ4n) is 7.41. The molecule has 2 aliphatic rings. The summed E-state index contributed by atoms with van der Waals surface area (Å²) in [5.41, 5.74) is 5.66. The Hall–Kier alpha value is -4.89. The molecule has 3 aromatic carbocycles. The van der Waals surface area contributed by atoms with E-state index in [1.54, 1.807) is 0 Å². The van der Waals surface area contributed by atoms with Gasteiger partial charge in [-0.15, -0.1) is 0 Å². The Morgan fingerprint density at radius 1 is 0.788 bits per heavy atom. The maximum atomic E-state index is 12.6. The molecule has 1 saturated carbocycles. The molecule has 0 bridgehead atoms. The van der Waals surface area contributed by atoms with Crippen LogP contribution in [0.4, 0.5) is 5.69 Å². The lowest BCUT2D eigenvalue weighted by molar-refractivity contribution is -0.161. The predicted octanol–water partition coefficient (Wildman–Crippen LogP) is 8.06. The van der Waals surface area contributed by atoms with Crippen LogP contribution in [0, 0.1) is 11.8 Å². The van der Waals surface area contributed by atoms with E-state index in [1.807, 2.05) is 105 Å². The molecule has 0 N–H and O–H groups in total. The maximum absolute atomic E-state index is 12.6. The average Bonchev–Trinajstić information content (AvgIpc) is 3.49. The number of benzene rings is 3. The van der Waals surface area contributed by atoms with Gasteiger partial charge in [0.25, 0.3) is 0 Å². The number of aromatic nitrogens is 3. The second-order valence-corrected chi connectivity index (χ2v) is 15.3. The number of ether oxygens (including phenoxy) is 3. The minimum atomic E-state index is -0.416. The molecule has 7 rings (SSSR count). The summed E-state index contributed by atoms with van der Waals surface area (Å²) in [6.07, 6.45) is 4.08. The number of anilines is 1. The van der Waals surface area contributed by atoms with Crippen molar-refractivity contribution in [1.82, 2.24) is 19.7 Å². The van der Waals surface area contributed by atoms with E-state index in [2.05, 4.69) is 28.0 Å². The van der Waals surface area contributed by atoms with Crippen molar-refractivity contribution in [1.29, 1.82) is 0 Å². The number of hydrogen-bond acceptors (Lipinski definition) is 8. The van der Waals surface area contributed by atoms with Gasteiger partial charge in [-0.2, -0.15) is 10.1 Å². The second kappa shape index (κ2) is 15.8. The fourth-order valence-corrected chi connectivity index (χ4v) is 7.41. The van der Waals surface area contributed by atoms with E-state index in [1.165, 1.54) is 5.69 Å². The molecule has 2 aromatic heterocycles. The first-order valence-corrected chi connectivity index (χ1v) is 18.7. The molecule has 2 fully saturated rings. The van der Waals surface area contributed by atoms with Gasteiger partial charge < -0.3 is 19.1 Å². The summed E-state index contributed by atoms with van der Waals surface area (Å²) in [7, 11) is 2.00. The van der Waals surface area contributed by atoms with Gasteiger partial charge in [0, 0.05) is 56.9 Å². The summed E-state index contributed by atoms with van der Waals surface area (Å²) < 4.78 is 20.1. The van der Waals surface area contributed by atoms with Gasteiger partial charge in [0.2, 0.25) is 11.8 Å². The number of pyridine rings is 1. The molecule has 1 saturated heterocycles. The Balaban J connectivity index is 1.01. The van der Waals surface area contributed by atoms with Crippen LogP contribution in [0.5, 0.6) is 11.8 Å². The van der Waals surface area contributed by atoms with Crippen LogP contribution in [0.25, 0.3) is 22.2 Å². The highest BCUT2D eigenvalue weighted by Crippen LogP contribution is 2.37. The van der Waals surface area contributed by atoms with Gasteiger partial charge in [0.1, 0.15) is 24.5 Å². The Kier molecular flexibility index (Phi) is 10.8. The first-order valence-electron chi connectivity index (χ1n) is 18.7. The van der Waals surface area contributed by atoms with E-state index in [9.17, 15) is 4.79 Å². The molecule has 9 heteroatoms. The number of carbonyl (C=O) groups excluding carboxylic acids is 1. The second-order valence-electron chi connectivity index (χ2n) is 15.3. The lowest BCUT2D eigenvalue weighted by Gasteiger charge is -2.39. The molecule has 0 atom stereocenters. The molecule has 3 heterocycles. The molecule has 0 unspecified atom stereocenters. The average molecular weight is 702 g/mol. The Morgan fingerprint density at radius 2 is 1.44 bits per heavy atom. The number of fused-ring (bicyclic) bond motifs is 1. The maximum Gasteiger partial charge on any atom is 0.309 e. The number of hydrogen-bond donors (Lipinski definition) is 0. The standard InChI is InChI=1S/C43H51N5O4/c1-43(2,3)52-42(49)34-17-15-31(16-18-34)28-47-23-25-48(26-24-47)35-19-20-36-38(27-35)46(4)45-40(36)37-21-22-39(50-29-32-11-7-5-8-12-32)44-41(37)51-30-33-13-9-6-10-14-33/h5-14,19-22,27,31,34H,15-18,23-26,28-30H2,1-4H3. The zero-order chi connectivity index (χ0) is 36.1. The van der Waals surface area contributed by atoms with Crippen molar-refractivity contribution in [3.05, 3.63) is 102 Å².